The number of nitrogens with zero attached hydrogens (tertiary/aromatic N) is 2. The molecule has 102 valence electrons. The standard InChI is InChI=1S/C14H19N3OS/c1-9(18)7-15-13-12-10-5-3-2-4-6-11(10)19-14(12)17-8-16-13/h8-9,18H,2-7H2,1H3,(H,15,16,17). The molecule has 3 rings (SSSR count). The SMILES string of the molecule is CC(O)CNc1ncnc2sc3c(c12)CCCCC3. The van der Waals surface area contributed by atoms with Crippen LogP contribution >= 0.6 is 11.3 Å². The number of aromatic nitrogens is 2. The lowest BCUT2D eigenvalue weighted by atomic mass is 10.1. The molecule has 0 bridgehead atoms. The monoisotopic (exact) mass is 277 g/mol. The van der Waals surface area contributed by atoms with Crippen molar-refractivity contribution in [3.63, 3.8) is 0 Å². The highest BCUT2D eigenvalue weighted by Gasteiger charge is 2.18. The average Bonchev–Trinajstić information content (AvgIpc) is 2.59. The van der Waals surface area contributed by atoms with E-state index in [9.17, 15) is 5.11 Å². The van der Waals surface area contributed by atoms with Crippen LogP contribution in [0.2, 0.25) is 0 Å². The number of hydrogen-bond donors (Lipinski definition) is 2. The number of thiophene rings is 1. The van der Waals surface area contributed by atoms with Crippen LogP contribution in [0.1, 0.15) is 36.6 Å². The van der Waals surface area contributed by atoms with Crippen molar-refractivity contribution in [1.29, 1.82) is 0 Å². The van der Waals surface area contributed by atoms with Gasteiger partial charge in [0.05, 0.1) is 11.5 Å². The Kier molecular flexibility index (Phi) is 3.66. The van der Waals surface area contributed by atoms with Crippen LogP contribution in [0.15, 0.2) is 6.33 Å². The molecule has 1 aliphatic carbocycles. The molecule has 19 heavy (non-hydrogen) atoms. The van der Waals surface area contributed by atoms with E-state index in [4.69, 9.17) is 0 Å². The predicted molar refractivity (Wildman–Crippen MR) is 78.8 cm³/mol. The van der Waals surface area contributed by atoms with E-state index in [0.29, 0.717) is 6.54 Å². The van der Waals surface area contributed by atoms with Crippen molar-refractivity contribution in [2.45, 2.75) is 45.1 Å². The Morgan fingerprint density at radius 1 is 1.32 bits per heavy atom. The summed E-state index contributed by atoms with van der Waals surface area (Å²) >= 11 is 1.81. The van der Waals surface area contributed by atoms with Crippen molar-refractivity contribution < 1.29 is 5.11 Å². The zero-order valence-corrected chi connectivity index (χ0v) is 12.0. The van der Waals surface area contributed by atoms with E-state index < -0.39 is 0 Å². The number of anilines is 1. The molecule has 2 aromatic rings. The quantitative estimate of drug-likeness (QED) is 0.847. The molecular weight excluding hydrogens is 258 g/mol. The number of aliphatic hydroxyl groups is 1. The Hall–Kier alpha value is -1.20. The van der Waals surface area contributed by atoms with E-state index in [1.807, 2.05) is 11.3 Å². The molecule has 0 aliphatic heterocycles. The topological polar surface area (TPSA) is 58.0 Å². The van der Waals surface area contributed by atoms with Crippen LogP contribution < -0.4 is 5.32 Å². The van der Waals surface area contributed by atoms with Crippen LogP contribution in [0.5, 0.6) is 0 Å². The maximum absolute atomic E-state index is 9.42. The molecule has 0 spiro atoms. The molecule has 2 N–H and O–H groups in total. The Morgan fingerprint density at radius 3 is 3.00 bits per heavy atom. The second kappa shape index (κ2) is 5.43. The zero-order chi connectivity index (χ0) is 13.2. The van der Waals surface area contributed by atoms with Crippen molar-refractivity contribution >= 4 is 27.4 Å². The summed E-state index contributed by atoms with van der Waals surface area (Å²) in [7, 11) is 0. The Balaban J connectivity index is 2.04. The fourth-order valence-electron chi connectivity index (χ4n) is 2.65. The Labute approximate surface area is 116 Å². The highest BCUT2D eigenvalue weighted by atomic mass is 32.1. The van der Waals surface area contributed by atoms with Gasteiger partial charge in [-0.05, 0) is 38.2 Å². The van der Waals surface area contributed by atoms with Crippen molar-refractivity contribution in [2.75, 3.05) is 11.9 Å². The van der Waals surface area contributed by atoms with Gasteiger partial charge >= 0.3 is 0 Å². The minimum absolute atomic E-state index is 0.373. The van der Waals surface area contributed by atoms with Crippen LogP contribution in [-0.2, 0) is 12.8 Å². The van der Waals surface area contributed by atoms with Gasteiger partial charge in [-0.15, -0.1) is 11.3 Å². The van der Waals surface area contributed by atoms with E-state index in [-0.39, 0.29) is 6.10 Å². The van der Waals surface area contributed by atoms with Gasteiger partial charge in [-0.25, -0.2) is 9.97 Å². The Bertz CT molecular complexity index is 579. The van der Waals surface area contributed by atoms with Crippen LogP contribution in [-0.4, -0.2) is 27.7 Å². The fourth-order valence-corrected chi connectivity index (χ4v) is 3.87. The summed E-state index contributed by atoms with van der Waals surface area (Å²) in [6.07, 6.45) is 7.39. The summed E-state index contributed by atoms with van der Waals surface area (Å²) in [6.45, 7) is 2.30. The van der Waals surface area contributed by atoms with E-state index in [1.165, 1.54) is 41.5 Å². The number of fused-ring (bicyclic) bond motifs is 3. The molecule has 0 aromatic carbocycles. The molecule has 2 heterocycles. The lowest BCUT2D eigenvalue weighted by Gasteiger charge is -2.09. The van der Waals surface area contributed by atoms with Crippen molar-refractivity contribution in [2.24, 2.45) is 0 Å². The van der Waals surface area contributed by atoms with Crippen molar-refractivity contribution in [3.05, 3.63) is 16.8 Å². The average molecular weight is 277 g/mol. The minimum Gasteiger partial charge on any atom is -0.392 e. The molecule has 2 aromatic heterocycles. The van der Waals surface area contributed by atoms with Crippen LogP contribution in [0.4, 0.5) is 5.82 Å². The molecule has 0 amide bonds. The number of nitrogens with one attached hydrogen (secondary N) is 1. The van der Waals surface area contributed by atoms with Gasteiger partial charge in [0.2, 0.25) is 0 Å². The minimum atomic E-state index is -0.373. The highest BCUT2D eigenvalue weighted by Crippen LogP contribution is 2.37. The first-order valence-electron chi connectivity index (χ1n) is 6.93. The molecule has 0 saturated carbocycles. The normalized spacial score (nSPS) is 16.9. The Morgan fingerprint density at radius 2 is 2.16 bits per heavy atom. The van der Waals surface area contributed by atoms with Crippen molar-refractivity contribution in [3.8, 4) is 0 Å². The molecule has 4 nitrogen and oxygen atoms in total. The maximum Gasteiger partial charge on any atom is 0.138 e. The van der Waals surface area contributed by atoms with E-state index in [0.717, 1.165) is 17.1 Å². The fraction of sp³-hybridized carbons (Fsp3) is 0.571. The van der Waals surface area contributed by atoms with Gasteiger partial charge in [0, 0.05) is 11.4 Å². The summed E-state index contributed by atoms with van der Waals surface area (Å²) in [4.78, 5) is 11.3. The van der Waals surface area contributed by atoms with Gasteiger partial charge in [-0.3, -0.25) is 0 Å². The summed E-state index contributed by atoms with van der Waals surface area (Å²) < 4.78 is 0. The van der Waals surface area contributed by atoms with E-state index in [1.54, 1.807) is 13.3 Å². The molecule has 0 saturated heterocycles. The summed E-state index contributed by atoms with van der Waals surface area (Å²) in [5.74, 6) is 0.880. The van der Waals surface area contributed by atoms with Gasteiger partial charge in [-0.2, -0.15) is 0 Å². The molecule has 1 atom stereocenters. The van der Waals surface area contributed by atoms with Gasteiger partial charge in [0.25, 0.3) is 0 Å². The third-order valence-electron chi connectivity index (χ3n) is 3.57. The third kappa shape index (κ3) is 2.58. The number of aryl methyl sites for hydroxylation is 2. The van der Waals surface area contributed by atoms with Gasteiger partial charge in [-0.1, -0.05) is 6.42 Å². The maximum atomic E-state index is 9.42. The van der Waals surface area contributed by atoms with Crippen LogP contribution in [0, 0.1) is 0 Å². The third-order valence-corrected chi connectivity index (χ3v) is 4.77. The first kappa shape index (κ1) is 12.8. The van der Waals surface area contributed by atoms with E-state index >= 15 is 0 Å². The zero-order valence-electron chi connectivity index (χ0n) is 11.1. The molecule has 1 aliphatic rings. The predicted octanol–water partition coefficient (Wildman–Crippen LogP) is 2.75. The van der Waals surface area contributed by atoms with E-state index in [2.05, 4.69) is 15.3 Å². The lowest BCUT2D eigenvalue weighted by Crippen LogP contribution is -2.16. The summed E-state index contributed by atoms with van der Waals surface area (Å²) in [5.41, 5.74) is 1.44. The molecule has 0 radical (unpaired) electrons. The number of aliphatic hydroxyl groups excluding tert-OH is 1. The summed E-state index contributed by atoms with van der Waals surface area (Å²) in [5, 5.41) is 13.9. The first-order valence-corrected chi connectivity index (χ1v) is 7.74. The van der Waals surface area contributed by atoms with Crippen molar-refractivity contribution in [1.82, 2.24) is 9.97 Å². The lowest BCUT2D eigenvalue weighted by molar-refractivity contribution is 0.208. The van der Waals surface area contributed by atoms with Crippen LogP contribution in [0.25, 0.3) is 10.2 Å². The largest absolute Gasteiger partial charge is 0.392 e. The smallest absolute Gasteiger partial charge is 0.138 e. The van der Waals surface area contributed by atoms with Gasteiger partial charge in [0.15, 0.2) is 0 Å². The van der Waals surface area contributed by atoms with Crippen LogP contribution in [0.3, 0.4) is 0 Å². The highest BCUT2D eigenvalue weighted by molar-refractivity contribution is 7.18. The number of hydrogen-bond acceptors (Lipinski definition) is 5. The van der Waals surface area contributed by atoms with Gasteiger partial charge < -0.3 is 10.4 Å². The second-order valence-corrected chi connectivity index (χ2v) is 6.28. The molecule has 5 heteroatoms. The number of rotatable bonds is 3. The second-order valence-electron chi connectivity index (χ2n) is 5.20. The first-order chi connectivity index (χ1) is 9.25. The molecular formula is C14H19N3OS. The molecule has 0 fully saturated rings. The molecule has 1 unspecified atom stereocenters. The van der Waals surface area contributed by atoms with Gasteiger partial charge in [0.1, 0.15) is 17.0 Å². The summed E-state index contributed by atoms with van der Waals surface area (Å²) in [6, 6.07) is 0.